The van der Waals surface area contributed by atoms with Gasteiger partial charge >= 0.3 is 0 Å². The van der Waals surface area contributed by atoms with Crippen molar-refractivity contribution >= 4 is 17.0 Å². The normalized spacial score (nSPS) is 15.2. The smallest absolute Gasteiger partial charge is 0.131 e. The molecule has 0 spiro atoms. The second-order valence-corrected chi connectivity index (χ2v) is 8.40. The average Bonchev–Trinajstić information content (AvgIpc) is 3.54. The minimum atomic E-state index is 0.160. The molecular formula is C26H23N3O2S. The van der Waals surface area contributed by atoms with E-state index < -0.39 is 0 Å². The van der Waals surface area contributed by atoms with Crippen molar-refractivity contribution in [1.29, 1.82) is 0 Å². The molecule has 0 radical (unpaired) electrons. The van der Waals surface area contributed by atoms with Crippen LogP contribution >= 0.6 is 11.3 Å². The molecule has 32 heavy (non-hydrogen) atoms. The monoisotopic (exact) mass is 441 g/mol. The molecule has 1 N–H and O–H groups in total. The van der Waals surface area contributed by atoms with Crippen molar-refractivity contribution in [3.05, 3.63) is 101 Å². The standard InChI is InChI=1S/C26H23N3O2S/c1-30-22-11-7-18(8-12-22)24-15-25(29-28-24)19-9-13-23(14-10-19)31-16-21-17-32-26(27-21)20-5-3-2-4-6-20/h2-14,17,25,29H,15-16H2,1H3. The molecule has 1 atom stereocenters. The maximum Gasteiger partial charge on any atom is 0.131 e. The van der Waals surface area contributed by atoms with Crippen LogP contribution in [-0.4, -0.2) is 17.8 Å². The summed E-state index contributed by atoms with van der Waals surface area (Å²) in [6.07, 6.45) is 0.841. The third-order valence-corrected chi connectivity index (χ3v) is 6.36. The van der Waals surface area contributed by atoms with Gasteiger partial charge in [0, 0.05) is 17.4 Å². The fraction of sp³-hybridized carbons (Fsp3) is 0.154. The first-order valence-electron chi connectivity index (χ1n) is 10.5. The lowest BCUT2D eigenvalue weighted by atomic mass is 9.99. The molecule has 1 aliphatic rings. The summed E-state index contributed by atoms with van der Waals surface area (Å²) in [6.45, 7) is 0.453. The van der Waals surface area contributed by atoms with Crippen LogP contribution in [0.5, 0.6) is 11.5 Å². The minimum absolute atomic E-state index is 0.160. The summed E-state index contributed by atoms with van der Waals surface area (Å²) in [5.74, 6) is 1.68. The van der Waals surface area contributed by atoms with Crippen LogP contribution in [0.4, 0.5) is 0 Å². The summed E-state index contributed by atoms with van der Waals surface area (Å²) < 4.78 is 11.2. The van der Waals surface area contributed by atoms with Gasteiger partial charge in [-0.05, 0) is 47.5 Å². The molecule has 0 amide bonds. The first kappa shape index (κ1) is 20.3. The van der Waals surface area contributed by atoms with E-state index in [0.29, 0.717) is 6.61 Å². The lowest BCUT2D eigenvalue weighted by Gasteiger charge is -2.11. The molecule has 5 nitrogen and oxygen atoms in total. The molecule has 0 saturated heterocycles. The molecule has 4 aromatic rings. The van der Waals surface area contributed by atoms with Crippen LogP contribution < -0.4 is 14.9 Å². The SMILES string of the molecule is COc1ccc(C2=NNC(c3ccc(OCc4csc(-c5ccccc5)n4)cc3)C2)cc1. The first-order chi connectivity index (χ1) is 15.8. The lowest BCUT2D eigenvalue weighted by molar-refractivity contribution is 0.302. The predicted octanol–water partition coefficient (Wildman–Crippen LogP) is 5.84. The Morgan fingerprint density at radius 2 is 1.66 bits per heavy atom. The lowest BCUT2D eigenvalue weighted by Crippen LogP contribution is -2.09. The van der Waals surface area contributed by atoms with E-state index >= 15 is 0 Å². The van der Waals surface area contributed by atoms with Gasteiger partial charge in [-0.15, -0.1) is 11.3 Å². The summed E-state index contributed by atoms with van der Waals surface area (Å²) in [4.78, 5) is 4.68. The number of hydrogen-bond acceptors (Lipinski definition) is 6. The molecule has 1 unspecified atom stereocenters. The van der Waals surface area contributed by atoms with Crippen molar-refractivity contribution < 1.29 is 9.47 Å². The van der Waals surface area contributed by atoms with Crippen LogP contribution in [0, 0.1) is 0 Å². The topological polar surface area (TPSA) is 55.7 Å². The van der Waals surface area contributed by atoms with Gasteiger partial charge in [-0.2, -0.15) is 5.10 Å². The number of thiazole rings is 1. The van der Waals surface area contributed by atoms with Crippen LogP contribution in [0.2, 0.25) is 0 Å². The van der Waals surface area contributed by atoms with Crippen LogP contribution in [0.25, 0.3) is 10.6 Å². The maximum absolute atomic E-state index is 5.95. The second-order valence-electron chi connectivity index (χ2n) is 7.54. The largest absolute Gasteiger partial charge is 0.497 e. The van der Waals surface area contributed by atoms with Crippen LogP contribution in [0.1, 0.15) is 29.3 Å². The summed E-state index contributed by atoms with van der Waals surface area (Å²) in [5, 5.41) is 7.60. The number of nitrogens with zero attached hydrogens (tertiary/aromatic N) is 2. The van der Waals surface area contributed by atoms with E-state index in [1.54, 1.807) is 18.4 Å². The molecule has 160 valence electrons. The number of nitrogens with one attached hydrogen (secondary N) is 1. The summed E-state index contributed by atoms with van der Waals surface area (Å²) in [6, 6.07) is 26.6. The summed E-state index contributed by atoms with van der Waals surface area (Å²) in [7, 11) is 1.67. The number of rotatable bonds is 7. The quantitative estimate of drug-likeness (QED) is 0.392. The molecule has 1 aromatic heterocycles. The molecule has 3 aromatic carbocycles. The van der Waals surface area contributed by atoms with E-state index in [1.807, 2.05) is 54.6 Å². The van der Waals surface area contributed by atoms with E-state index in [-0.39, 0.29) is 6.04 Å². The number of ether oxygens (including phenoxy) is 2. The van der Waals surface area contributed by atoms with Gasteiger partial charge in [-0.1, -0.05) is 42.5 Å². The number of hydrazone groups is 1. The number of methoxy groups -OCH3 is 1. The molecule has 0 saturated carbocycles. The molecule has 6 heteroatoms. The molecule has 0 bridgehead atoms. The van der Waals surface area contributed by atoms with Gasteiger partial charge in [-0.3, -0.25) is 0 Å². The Balaban J connectivity index is 1.17. The zero-order valence-electron chi connectivity index (χ0n) is 17.7. The Hall–Kier alpha value is -3.64. The van der Waals surface area contributed by atoms with Gasteiger partial charge in [0.15, 0.2) is 0 Å². The number of aromatic nitrogens is 1. The summed E-state index contributed by atoms with van der Waals surface area (Å²) >= 11 is 1.64. The highest BCUT2D eigenvalue weighted by Crippen LogP contribution is 2.28. The van der Waals surface area contributed by atoms with Crippen molar-refractivity contribution in [2.24, 2.45) is 5.10 Å². The van der Waals surface area contributed by atoms with E-state index in [2.05, 4.69) is 45.2 Å². The second kappa shape index (κ2) is 9.24. The highest BCUT2D eigenvalue weighted by atomic mass is 32.1. The van der Waals surface area contributed by atoms with Gasteiger partial charge in [0.2, 0.25) is 0 Å². The van der Waals surface area contributed by atoms with E-state index in [9.17, 15) is 0 Å². The van der Waals surface area contributed by atoms with Gasteiger partial charge in [-0.25, -0.2) is 4.98 Å². The van der Waals surface area contributed by atoms with Crippen molar-refractivity contribution in [2.75, 3.05) is 7.11 Å². The van der Waals surface area contributed by atoms with Gasteiger partial charge in [0.05, 0.1) is 24.6 Å². The number of benzene rings is 3. The van der Waals surface area contributed by atoms with E-state index in [1.165, 1.54) is 5.56 Å². The predicted molar refractivity (Wildman–Crippen MR) is 128 cm³/mol. The molecule has 1 aliphatic heterocycles. The number of hydrogen-bond donors (Lipinski definition) is 1. The molecule has 5 rings (SSSR count). The zero-order valence-corrected chi connectivity index (χ0v) is 18.5. The van der Waals surface area contributed by atoms with Gasteiger partial charge in [0.1, 0.15) is 23.1 Å². The average molecular weight is 442 g/mol. The Kier molecular flexibility index (Phi) is 5.85. The van der Waals surface area contributed by atoms with Crippen LogP contribution in [0.15, 0.2) is 89.3 Å². The zero-order chi connectivity index (χ0) is 21.8. The molecule has 0 aliphatic carbocycles. The fourth-order valence-corrected chi connectivity index (χ4v) is 4.45. The van der Waals surface area contributed by atoms with Crippen molar-refractivity contribution in [3.8, 4) is 22.1 Å². The third-order valence-electron chi connectivity index (χ3n) is 5.42. The minimum Gasteiger partial charge on any atom is -0.497 e. The van der Waals surface area contributed by atoms with Crippen molar-refractivity contribution in [3.63, 3.8) is 0 Å². The Morgan fingerprint density at radius 1 is 0.906 bits per heavy atom. The van der Waals surface area contributed by atoms with E-state index in [0.717, 1.165) is 45.5 Å². The Labute approximate surface area is 191 Å². The maximum atomic E-state index is 5.95. The Morgan fingerprint density at radius 3 is 2.41 bits per heavy atom. The highest BCUT2D eigenvalue weighted by Gasteiger charge is 2.21. The Bertz CT molecular complexity index is 1200. The van der Waals surface area contributed by atoms with Crippen molar-refractivity contribution in [2.45, 2.75) is 19.1 Å². The summed E-state index contributed by atoms with van der Waals surface area (Å²) in [5.41, 5.74) is 8.67. The first-order valence-corrected chi connectivity index (χ1v) is 11.4. The fourth-order valence-electron chi connectivity index (χ4n) is 3.64. The third kappa shape index (κ3) is 4.50. The van der Waals surface area contributed by atoms with Crippen molar-refractivity contribution in [1.82, 2.24) is 10.4 Å². The molecular weight excluding hydrogens is 418 g/mol. The van der Waals surface area contributed by atoms with Crippen LogP contribution in [-0.2, 0) is 6.61 Å². The molecule has 2 heterocycles. The molecule has 0 fully saturated rings. The van der Waals surface area contributed by atoms with Gasteiger partial charge in [0.25, 0.3) is 0 Å². The van der Waals surface area contributed by atoms with Gasteiger partial charge < -0.3 is 14.9 Å². The van der Waals surface area contributed by atoms with Crippen LogP contribution in [0.3, 0.4) is 0 Å². The van der Waals surface area contributed by atoms with E-state index in [4.69, 9.17) is 9.47 Å². The highest BCUT2D eigenvalue weighted by molar-refractivity contribution is 7.13.